The van der Waals surface area contributed by atoms with Gasteiger partial charge in [0.25, 0.3) is 0 Å². The summed E-state index contributed by atoms with van der Waals surface area (Å²) in [6.07, 6.45) is -0.559. The lowest BCUT2D eigenvalue weighted by atomic mass is 10.1. The SMILES string of the molecule is Cc1cc(Br)c(OC(=O)Nc2cccc(Cl)c2)cc1C. The molecule has 0 saturated heterocycles. The summed E-state index contributed by atoms with van der Waals surface area (Å²) in [5.41, 5.74) is 2.76. The summed E-state index contributed by atoms with van der Waals surface area (Å²) in [5, 5.41) is 3.18. The summed E-state index contributed by atoms with van der Waals surface area (Å²) in [4.78, 5) is 11.8. The summed E-state index contributed by atoms with van der Waals surface area (Å²) in [6.45, 7) is 3.96. The van der Waals surface area contributed by atoms with E-state index in [4.69, 9.17) is 16.3 Å². The van der Waals surface area contributed by atoms with E-state index in [0.29, 0.717) is 16.5 Å². The summed E-state index contributed by atoms with van der Waals surface area (Å²) in [7, 11) is 0. The van der Waals surface area contributed by atoms with Crippen LogP contribution in [0.1, 0.15) is 11.1 Å². The smallest absolute Gasteiger partial charge is 0.409 e. The van der Waals surface area contributed by atoms with Crippen molar-refractivity contribution in [3.63, 3.8) is 0 Å². The Kier molecular flexibility index (Phi) is 4.68. The van der Waals surface area contributed by atoms with Gasteiger partial charge in [-0.3, -0.25) is 5.32 Å². The molecule has 0 spiro atoms. The standard InChI is InChI=1S/C15H13BrClNO2/c1-9-6-13(16)14(7-10(9)2)20-15(19)18-12-5-3-4-11(17)8-12/h3-8H,1-2H3,(H,18,19). The van der Waals surface area contributed by atoms with Gasteiger partial charge < -0.3 is 4.74 Å². The molecular formula is C15H13BrClNO2. The third-order valence-electron chi connectivity index (χ3n) is 2.82. The number of hydrogen-bond acceptors (Lipinski definition) is 2. The fourth-order valence-electron chi connectivity index (χ4n) is 1.64. The van der Waals surface area contributed by atoms with E-state index in [2.05, 4.69) is 21.2 Å². The molecule has 5 heteroatoms. The molecule has 0 bridgehead atoms. The Bertz CT molecular complexity index is 658. The molecule has 0 aliphatic rings. The lowest BCUT2D eigenvalue weighted by molar-refractivity contribution is 0.215. The number of ether oxygens (including phenoxy) is 1. The number of rotatable bonds is 2. The zero-order valence-electron chi connectivity index (χ0n) is 11.0. The average Bonchev–Trinajstić information content (AvgIpc) is 2.36. The van der Waals surface area contributed by atoms with E-state index in [1.54, 1.807) is 24.3 Å². The first-order valence-electron chi connectivity index (χ1n) is 5.97. The van der Waals surface area contributed by atoms with Gasteiger partial charge in [0, 0.05) is 10.7 Å². The van der Waals surface area contributed by atoms with E-state index in [0.717, 1.165) is 15.6 Å². The van der Waals surface area contributed by atoms with Gasteiger partial charge in [-0.25, -0.2) is 4.79 Å². The van der Waals surface area contributed by atoms with E-state index < -0.39 is 6.09 Å². The van der Waals surface area contributed by atoms with Crippen molar-refractivity contribution in [2.75, 3.05) is 5.32 Å². The van der Waals surface area contributed by atoms with E-state index in [9.17, 15) is 4.79 Å². The van der Waals surface area contributed by atoms with Crippen LogP contribution >= 0.6 is 27.5 Å². The largest absolute Gasteiger partial charge is 0.417 e. The van der Waals surface area contributed by atoms with Gasteiger partial charge in [-0.15, -0.1) is 0 Å². The van der Waals surface area contributed by atoms with Gasteiger partial charge in [0.05, 0.1) is 4.47 Å². The number of amides is 1. The monoisotopic (exact) mass is 353 g/mol. The molecule has 0 atom stereocenters. The van der Waals surface area contributed by atoms with Crippen molar-refractivity contribution in [2.45, 2.75) is 13.8 Å². The van der Waals surface area contributed by atoms with Crippen LogP contribution in [0.15, 0.2) is 40.9 Å². The number of carbonyl (C=O) groups excluding carboxylic acids is 1. The normalized spacial score (nSPS) is 10.2. The van der Waals surface area contributed by atoms with Crippen molar-refractivity contribution in [3.8, 4) is 5.75 Å². The van der Waals surface area contributed by atoms with Crippen LogP contribution in [0.3, 0.4) is 0 Å². The van der Waals surface area contributed by atoms with E-state index >= 15 is 0 Å². The minimum Gasteiger partial charge on any atom is -0.409 e. The molecule has 20 heavy (non-hydrogen) atoms. The molecule has 3 nitrogen and oxygen atoms in total. The first kappa shape index (κ1) is 14.9. The molecular weight excluding hydrogens is 342 g/mol. The number of nitrogens with one attached hydrogen (secondary N) is 1. The number of aryl methyl sites for hydroxylation is 2. The highest BCUT2D eigenvalue weighted by Crippen LogP contribution is 2.28. The molecule has 0 aliphatic carbocycles. The predicted octanol–water partition coefficient (Wildman–Crippen LogP) is 5.33. The molecule has 0 aromatic heterocycles. The predicted molar refractivity (Wildman–Crippen MR) is 84.7 cm³/mol. The Labute approximate surface area is 131 Å². The van der Waals surface area contributed by atoms with Crippen molar-refractivity contribution in [1.29, 1.82) is 0 Å². The third kappa shape index (κ3) is 3.74. The number of carbonyl (C=O) groups is 1. The van der Waals surface area contributed by atoms with Crippen LogP contribution in [0.5, 0.6) is 5.75 Å². The molecule has 0 saturated carbocycles. The van der Waals surface area contributed by atoms with Crippen LogP contribution in [0.25, 0.3) is 0 Å². The van der Waals surface area contributed by atoms with E-state index in [-0.39, 0.29) is 0 Å². The minimum atomic E-state index is -0.559. The number of benzene rings is 2. The topological polar surface area (TPSA) is 38.3 Å². The Balaban J connectivity index is 2.10. The van der Waals surface area contributed by atoms with Gasteiger partial charge in [-0.1, -0.05) is 17.7 Å². The number of anilines is 1. The maximum Gasteiger partial charge on any atom is 0.417 e. The van der Waals surface area contributed by atoms with Gasteiger partial charge in [0.15, 0.2) is 0 Å². The van der Waals surface area contributed by atoms with Crippen molar-refractivity contribution in [2.24, 2.45) is 0 Å². The molecule has 104 valence electrons. The van der Waals surface area contributed by atoms with E-state index in [1.165, 1.54) is 0 Å². The fourth-order valence-corrected chi connectivity index (χ4v) is 2.37. The first-order valence-corrected chi connectivity index (χ1v) is 7.14. The van der Waals surface area contributed by atoms with Gasteiger partial charge in [-0.2, -0.15) is 0 Å². The minimum absolute atomic E-state index is 0.479. The van der Waals surface area contributed by atoms with Crippen LogP contribution in [-0.2, 0) is 0 Å². The van der Waals surface area contributed by atoms with Crippen molar-refractivity contribution in [1.82, 2.24) is 0 Å². The average molecular weight is 355 g/mol. The van der Waals surface area contributed by atoms with Gasteiger partial charge in [0.2, 0.25) is 0 Å². The molecule has 2 aromatic rings. The lowest BCUT2D eigenvalue weighted by Crippen LogP contribution is -2.17. The first-order chi connectivity index (χ1) is 9.45. The van der Waals surface area contributed by atoms with Crippen molar-refractivity contribution < 1.29 is 9.53 Å². The Morgan fingerprint density at radius 2 is 1.90 bits per heavy atom. The number of hydrogen-bond donors (Lipinski definition) is 1. The second-order valence-electron chi connectivity index (χ2n) is 4.39. The highest BCUT2D eigenvalue weighted by Gasteiger charge is 2.10. The molecule has 2 rings (SSSR count). The maximum atomic E-state index is 11.8. The Morgan fingerprint density at radius 3 is 2.60 bits per heavy atom. The number of halogens is 2. The molecule has 0 heterocycles. The fraction of sp³-hybridized carbons (Fsp3) is 0.133. The molecule has 0 radical (unpaired) electrons. The summed E-state index contributed by atoms with van der Waals surface area (Å²) in [5.74, 6) is 0.479. The van der Waals surface area contributed by atoms with Crippen LogP contribution in [0.4, 0.5) is 10.5 Å². The molecule has 0 fully saturated rings. The summed E-state index contributed by atoms with van der Waals surface area (Å²) in [6, 6.07) is 10.6. The second-order valence-corrected chi connectivity index (χ2v) is 5.68. The van der Waals surface area contributed by atoms with Crippen LogP contribution in [0, 0.1) is 13.8 Å². The van der Waals surface area contributed by atoms with Crippen LogP contribution < -0.4 is 10.1 Å². The zero-order chi connectivity index (χ0) is 14.7. The summed E-state index contributed by atoms with van der Waals surface area (Å²) >= 11 is 9.23. The van der Waals surface area contributed by atoms with Crippen molar-refractivity contribution in [3.05, 3.63) is 57.0 Å². The highest BCUT2D eigenvalue weighted by atomic mass is 79.9. The Morgan fingerprint density at radius 1 is 1.20 bits per heavy atom. The maximum absolute atomic E-state index is 11.8. The Hall–Kier alpha value is -1.52. The highest BCUT2D eigenvalue weighted by molar-refractivity contribution is 9.10. The van der Waals surface area contributed by atoms with E-state index in [1.807, 2.05) is 26.0 Å². The quantitative estimate of drug-likeness (QED) is 0.791. The zero-order valence-corrected chi connectivity index (χ0v) is 13.4. The van der Waals surface area contributed by atoms with Crippen molar-refractivity contribution >= 4 is 39.3 Å². The van der Waals surface area contributed by atoms with Gasteiger partial charge >= 0.3 is 6.09 Å². The summed E-state index contributed by atoms with van der Waals surface area (Å²) < 4.78 is 6.02. The lowest BCUT2D eigenvalue weighted by Gasteiger charge is -2.10. The van der Waals surface area contributed by atoms with Gasteiger partial charge in [0.1, 0.15) is 5.75 Å². The molecule has 0 aliphatic heterocycles. The van der Waals surface area contributed by atoms with Gasteiger partial charge in [-0.05, 0) is 71.2 Å². The second kappa shape index (κ2) is 6.29. The van der Waals surface area contributed by atoms with Crippen LogP contribution in [0.2, 0.25) is 5.02 Å². The molecule has 1 N–H and O–H groups in total. The third-order valence-corrected chi connectivity index (χ3v) is 3.68. The molecule has 0 unspecified atom stereocenters. The molecule has 1 amide bonds. The van der Waals surface area contributed by atoms with Crippen LogP contribution in [-0.4, -0.2) is 6.09 Å². The molecule has 2 aromatic carbocycles.